The van der Waals surface area contributed by atoms with Crippen LogP contribution in [-0.4, -0.2) is 27.7 Å². The Morgan fingerprint density at radius 3 is 2.31 bits per heavy atom. The van der Waals surface area contributed by atoms with Crippen LogP contribution in [0.1, 0.15) is 24.2 Å². The van der Waals surface area contributed by atoms with Crippen LogP contribution in [0.2, 0.25) is 5.02 Å². The van der Waals surface area contributed by atoms with Crippen molar-refractivity contribution in [3.63, 3.8) is 0 Å². The van der Waals surface area contributed by atoms with Crippen LogP contribution < -0.4 is 10.2 Å². The summed E-state index contributed by atoms with van der Waals surface area (Å²) in [6, 6.07) is 17.0. The summed E-state index contributed by atoms with van der Waals surface area (Å²) in [5.41, 5.74) is 1.69. The summed E-state index contributed by atoms with van der Waals surface area (Å²) in [5, 5.41) is 14.1. The van der Waals surface area contributed by atoms with Gasteiger partial charge >= 0.3 is 0 Å². The van der Waals surface area contributed by atoms with Crippen molar-refractivity contribution in [2.24, 2.45) is 0 Å². The molecule has 0 radical (unpaired) electrons. The Morgan fingerprint density at radius 1 is 1.03 bits per heavy atom. The first-order valence-electron chi connectivity index (χ1n) is 9.72. The number of carbonyl (C=O) groups is 3. The van der Waals surface area contributed by atoms with E-state index in [1.54, 1.807) is 72.9 Å². The number of nitrogens with zero attached hydrogens (tertiary/aromatic N) is 2. The number of nitrogens with one attached hydrogen (secondary N) is 1. The van der Waals surface area contributed by atoms with E-state index in [1.807, 2.05) is 0 Å². The number of aliphatic hydroxyl groups excluding tert-OH is 1. The lowest BCUT2D eigenvalue weighted by atomic mass is 9.98. The number of pyridine rings is 1. The van der Waals surface area contributed by atoms with E-state index in [1.165, 1.54) is 11.8 Å². The van der Waals surface area contributed by atoms with Gasteiger partial charge in [0, 0.05) is 35.1 Å². The molecule has 0 saturated carbocycles. The molecule has 1 saturated heterocycles. The van der Waals surface area contributed by atoms with E-state index >= 15 is 0 Å². The van der Waals surface area contributed by atoms with Crippen molar-refractivity contribution >= 4 is 46.3 Å². The number of Topliss-reactive ketones (excluding diaryl/α,β-unsaturated/α-hetero) is 1. The third kappa shape index (κ3) is 3.98. The number of aromatic nitrogens is 1. The predicted molar refractivity (Wildman–Crippen MR) is 121 cm³/mol. The molecule has 7 nitrogen and oxygen atoms in total. The number of anilines is 2. The molecule has 0 aliphatic carbocycles. The summed E-state index contributed by atoms with van der Waals surface area (Å²) in [7, 11) is 0. The predicted octanol–water partition coefficient (Wildman–Crippen LogP) is 4.32. The van der Waals surface area contributed by atoms with Crippen molar-refractivity contribution < 1.29 is 19.5 Å². The summed E-state index contributed by atoms with van der Waals surface area (Å²) >= 11 is 5.94. The van der Waals surface area contributed by atoms with E-state index in [9.17, 15) is 19.5 Å². The van der Waals surface area contributed by atoms with Crippen LogP contribution in [0.3, 0.4) is 0 Å². The van der Waals surface area contributed by atoms with E-state index in [-0.39, 0.29) is 17.2 Å². The Balaban J connectivity index is 1.85. The van der Waals surface area contributed by atoms with Gasteiger partial charge in [-0.3, -0.25) is 24.3 Å². The Bertz CT molecular complexity index is 1220. The Morgan fingerprint density at radius 2 is 1.72 bits per heavy atom. The average molecular weight is 448 g/mol. The molecule has 2 aromatic carbocycles. The zero-order valence-corrected chi connectivity index (χ0v) is 17.7. The summed E-state index contributed by atoms with van der Waals surface area (Å²) in [4.78, 5) is 43.0. The molecule has 3 aromatic rings. The molecule has 0 bridgehead atoms. The lowest BCUT2D eigenvalue weighted by Crippen LogP contribution is -2.29. The molecular weight excluding hydrogens is 430 g/mol. The van der Waals surface area contributed by atoms with Gasteiger partial charge in [0.15, 0.2) is 0 Å². The molecule has 1 aliphatic heterocycles. The second kappa shape index (κ2) is 8.64. The van der Waals surface area contributed by atoms with E-state index in [2.05, 4.69) is 10.3 Å². The molecule has 2 N–H and O–H groups in total. The van der Waals surface area contributed by atoms with Crippen LogP contribution in [0.4, 0.5) is 11.4 Å². The first-order chi connectivity index (χ1) is 15.4. The first-order valence-corrected chi connectivity index (χ1v) is 10.1. The SMILES string of the molecule is CC(=O)Nc1ccc(N2C(=O)C(=O)/C(=C(\O)c3ccc(Cl)cc3)C2c2ccccn2)cc1. The number of carbonyl (C=O) groups excluding carboxylic acids is 3. The molecule has 4 rings (SSSR count). The van der Waals surface area contributed by atoms with Crippen LogP contribution in [0.5, 0.6) is 0 Å². The number of hydrogen-bond donors (Lipinski definition) is 2. The zero-order valence-electron chi connectivity index (χ0n) is 16.9. The summed E-state index contributed by atoms with van der Waals surface area (Å²) in [5.74, 6) is -2.15. The molecule has 0 spiro atoms. The van der Waals surface area contributed by atoms with Gasteiger partial charge in [0.1, 0.15) is 11.8 Å². The largest absolute Gasteiger partial charge is 0.507 e. The fourth-order valence-corrected chi connectivity index (χ4v) is 3.71. The van der Waals surface area contributed by atoms with Gasteiger partial charge in [-0.05, 0) is 60.7 Å². The first kappa shape index (κ1) is 21.3. The van der Waals surface area contributed by atoms with Crippen LogP contribution in [0.15, 0.2) is 78.5 Å². The monoisotopic (exact) mass is 447 g/mol. The third-order valence-corrected chi connectivity index (χ3v) is 5.25. The minimum Gasteiger partial charge on any atom is -0.507 e. The van der Waals surface area contributed by atoms with Crippen molar-refractivity contribution in [1.82, 2.24) is 4.98 Å². The van der Waals surface area contributed by atoms with Crippen molar-refractivity contribution in [2.75, 3.05) is 10.2 Å². The molecule has 1 unspecified atom stereocenters. The normalized spacial score (nSPS) is 17.4. The van der Waals surface area contributed by atoms with Crippen molar-refractivity contribution in [3.05, 3.63) is 94.8 Å². The summed E-state index contributed by atoms with van der Waals surface area (Å²) < 4.78 is 0. The molecule has 32 heavy (non-hydrogen) atoms. The molecule has 8 heteroatoms. The van der Waals surface area contributed by atoms with Gasteiger partial charge in [0.05, 0.1) is 11.3 Å². The fourth-order valence-electron chi connectivity index (χ4n) is 3.59. The number of ketones is 1. The number of benzene rings is 2. The Labute approximate surface area is 189 Å². The van der Waals surface area contributed by atoms with Crippen LogP contribution in [0, 0.1) is 0 Å². The van der Waals surface area contributed by atoms with Gasteiger partial charge in [0.2, 0.25) is 5.91 Å². The van der Waals surface area contributed by atoms with Gasteiger partial charge in [-0.15, -0.1) is 0 Å². The Hall–Kier alpha value is -3.97. The second-order valence-electron chi connectivity index (χ2n) is 7.16. The van der Waals surface area contributed by atoms with E-state index in [0.717, 1.165) is 0 Å². The van der Waals surface area contributed by atoms with Gasteiger partial charge < -0.3 is 10.4 Å². The summed E-state index contributed by atoms with van der Waals surface area (Å²) in [6.45, 7) is 1.39. The number of amides is 2. The van der Waals surface area contributed by atoms with E-state index in [0.29, 0.717) is 27.7 Å². The maximum atomic E-state index is 13.1. The molecule has 2 heterocycles. The van der Waals surface area contributed by atoms with E-state index in [4.69, 9.17) is 11.6 Å². The van der Waals surface area contributed by atoms with Gasteiger partial charge in [-0.1, -0.05) is 17.7 Å². The minimum atomic E-state index is -0.932. The summed E-state index contributed by atoms with van der Waals surface area (Å²) in [6.07, 6.45) is 1.55. The quantitative estimate of drug-likeness (QED) is 0.352. The zero-order chi connectivity index (χ0) is 22.8. The van der Waals surface area contributed by atoms with Crippen LogP contribution in [-0.2, 0) is 14.4 Å². The fraction of sp³-hybridized carbons (Fsp3) is 0.0833. The molecule has 2 amide bonds. The van der Waals surface area contributed by atoms with E-state index < -0.39 is 17.7 Å². The van der Waals surface area contributed by atoms with Crippen LogP contribution in [0.25, 0.3) is 5.76 Å². The van der Waals surface area contributed by atoms with Crippen LogP contribution >= 0.6 is 11.6 Å². The average Bonchev–Trinajstić information content (AvgIpc) is 3.05. The smallest absolute Gasteiger partial charge is 0.300 e. The highest BCUT2D eigenvalue weighted by Gasteiger charge is 2.47. The topological polar surface area (TPSA) is 99.6 Å². The van der Waals surface area contributed by atoms with Gasteiger partial charge in [-0.2, -0.15) is 0 Å². The number of aliphatic hydroxyl groups is 1. The molecular formula is C24H18ClN3O4. The number of hydrogen-bond acceptors (Lipinski definition) is 5. The highest BCUT2D eigenvalue weighted by atomic mass is 35.5. The number of halogens is 1. The van der Waals surface area contributed by atoms with Gasteiger partial charge in [0.25, 0.3) is 11.7 Å². The van der Waals surface area contributed by atoms with Crippen molar-refractivity contribution in [1.29, 1.82) is 0 Å². The third-order valence-electron chi connectivity index (χ3n) is 5.00. The lowest BCUT2D eigenvalue weighted by Gasteiger charge is -2.24. The highest BCUT2D eigenvalue weighted by molar-refractivity contribution is 6.51. The van der Waals surface area contributed by atoms with Crippen molar-refractivity contribution in [2.45, 2.75) is 13.0 Å². The van der Waals surface area contributed by atoms with Crippen molar-refractivity contribution in [3.8, 4) is 0 Å². The maximum absolute atomic E-state index is 13.1. The molecule has 1 aromatic heterocycles. The second-order valence-corrected chi connectivity index (χ2v) is 7.60. The standard InChI is InChI=1S/C24H18ClN3O4/c1-14(29)27-17-9-11-18(12-10-17)28-21(19-4-2-3-13-26-19)20(23(31)24(28)32)22(30)15-5-7-16(25)8-6-15/h2-13,21,30H,1H3,(H,27,29)/b22-20-. The molecule has 1 aliphatic rings. The molecule has 1 atom stereocenters. The Kier molecular flexibility index (Phi) is 5.75. The van der Waals surface area contributed by atoms with Gasteiger partial charge in [-0.25, -0.2) is 0 Å². The highest BCUT2D eigenvalue weighted by Crippen LogP contribution is 2.41. The number of rotatable bonds is 4. The lowest BCUT2D eigenvalue weighted by molar-refractivity contribution is -0.132. The maximum Gasteiger partial charge on any atom is 0.300 e. The minimum absolute atomic E-state index is 0.0676. The molecule has 160 valence electrons. The molecule has 1 fully saturated rings.